The number of nitrogens with two attached hydrogens (primary N) is 1. The zero-order valence-corrected chi connectivity index (χ0v) is 9.30. The fraction of sp³-hybridized carbons (Fsp3) is 0.500. The van der Waals surface area contributed by atoms with Crippen LogP contribution >= 0.6 is 0 Å². The number of nitrogens with zero attached hydrogens (tertiary/aromatic N) is 1. The predicted molar refractivity (Wildman–Crippen MR) is 63.4 cm³/mol. The van der Waals surface area contributed by atoms with Crippen molar-refractivity contribution in [2.24, 2.45) is 5.73 Å². The predicted octanol–water partition coefficient (Wildman–Crippen LogP) is 0.343. The van der Waals surface area contributed by atoms with Gasteiger partial charge in [0.05, 0.1) is 25.9 Å². The summed E-state index contributed by atoms with van der Waals surface area (Å²) in [5.41, 5.74) is 7.85. The summed E-state index contributed by atoms with van der Waals surface area (Å²) in [6.45, 7) is 2.78. The molecule has 0 aliphatic carbocycles. The van der Waals surface area contributed by atoms with Gasteiger partial charge in [-0.3, -0.25) is 0 Å². The lowest BCUT2D eigenvalue weighted by Gasteiger charge is -2.36. The molecule has 4 nitrogen and oxygen atoms in total. The van der Waals surface area contributed by atoms with E-state index in [0.717, 1.165) is 17.8 Å². The van der Waals surface area contributed by atoms with Gasteiger partial charge in [0.1, 0.15) is 0 Å². The Morgan fingerprint density at radius 2 is 2.38 bits per heavy atom. The van der Waals surface area contributed by atoms with Gasteiger partial charge >= 0.3 is 0 Å². The molecule has 1 unspecified atom stereocenters. The molecule has 0 aromatic heterocycles. The summed E-state index contributed by atoms with van der Waals surface area (Å²) < 4.78 is 5.35. The summed E-state index contributed by atoms with van der Waals surface area (Å²) in [6, 6.07) is 8.20. The highest BCUT2D eigenvalue weighted by molar-refractivity contribution is 5.50. The highest BCUT2D eigenvalue weighted by Gasteiger charge is 2.22. The van der Waals surface area contributed by atoms with Crippen molar-refractivity contribution < 1.29 is 9.84 Å². The third-order valence-corrected chi connectivity index (χ3v) is 2.92. The number of benzene rings is 1. The smallest absolute Gasteiger partial charge is 0.0755 e. The Hall–Kier alpha value is -1.10. The number of aliphatic hydroxyl groups excluding tert-OH is 1. The molecular weight excluding hydrogens is 204 g/mol. The van der Waals surface area contributed by atoms with Crippen molar-refractivity contribution in [2.45, 2.75) is 12.6 Å². The lowest BCUT2D eigenvalue weighted by molar-refractivity contribution is 0.0727. The zero-order valence-electron chi connectivity index (χ0n) is 9.30. The average molecular weight is 222 g/mol. The number of anilines is 1. The monoisotopic (exact) mass is 222 g/mol. The van der Waals surface area contributed by atoms with Crippen LogP contribution in [0.5, 0.6) is 0 Å². The quantitative estimate of drug-likeness (QED) is 0.774. The third-order valence-electron chi connectivity index (χ3n) is 2.92. The molecule has 16 heavy (non-hydrogen) atoms. The van der Waals surface area contributed by atoms with Gasteiger partial charge in [0.2, 0.25) is 0 Å². The molecule has 1 aromatic carbocycles. The molecule has 1 atom stereocenters. The van der Waals surface area contributed by atoms with Gasteiger partial charge in [-0.1, -0.05) is 12.1 Å². The molecule has 88 valence electrons. The Bertz CT molecular complexity index is 344. The van der Waals surface area contributed by atoms with Gasteiger partial charge in [-0.25, -0.2) is 0 Å². The van der Waals surface area contributed by atoms with Crippen LogP contribution in [0.1, 0.15) is 5.56 Å². The minimum atomic E-state index is 0.0572. The van der Waals surface area contributed by atoms with E-state index >= 15 is 0 Å². The minimum absolute atomic E-state index is 0.0572. The van der Waals surface area contributed by atoms with Gasteiger partial charge < -0.3 is 20.5 Å². The van der Waals surface area contributed by atoms with E-state index in [4.69, 9.17) is 10.5 Å². The van der Waals surface area contributed by atoms with Crippen molar-refractivity contribution in [3.63, 3.8) is 0 Å². The molecule has 1 aliphatic heterocycles. The summed E-state index contributed by atoms with van der Waals surface area (Å²) in [7, 11) is 0. The molecule has 1 heterocycles. The summed E-state index contributed by atoms with van der Waals surface area (Å²) in [5.74, 6) is 0. The first-order valence-electron chi connectivity index (χ1n) is 5.59. The van der Waals surface area contributed by atoms with Gasteiger partial charge in [-0.15, -0.1) is 0 Å². The van der Waals surface area contributed by atoms with Gasteiger partial charge in [0, 0.05) is 18.8 Å². The topological polar surface area (TPSA) is 58.7 Å². The van der Waals surface area contributed by atoms with Crippen molar-refractivity contribution >= 4 is 5.69 Å². The molecular formula is C12H18N2O2. The number of hydrogen-bond acceptors (Lipinski definition) is 4. The molecule has 1 fully saturated rings. The lowest BCUT2D eigenvalue weighted by atomic mass is 10.1. The Kier molecular flexibility index (Phi) is 3.77. The van der Waals surface area contributed by atoms with Crippen LogP contribution in [-0.4, -0.2) is 37.5 Å². The highest BCUT2D eigenvalue weighted by Crippen LogP contribution is 2.20. The molecule has 0 spiro atoms. The number of aliphatic hydroxyl groups is 1. The van der Waals surface area contributed by atoms with Crippen LogP contribution in [0, 0.1) is 0 Å². The lowest BCUT2D eigenvalue weighted by Crippen LogP contribution is -2.47. The summed E-state index contributed by atoms with van der Waals surface area (Å²) in [5, 5.41) is 9.30. The second kappa shape index (κ2) is 5.30. The fourth-order valence-corrected chi connectivity index (χ4v) is 2.01. The first kappa shape index (κ1) is 11.4. The molecule has 1 aromatic rings. The summed E-state index contributed by atoms with van der Waals surface area (Å²) in [4.78, 5) is 2.18. The maximum atomic E-state index is 9.30. The van der Waals surface area contributed by atoms with E-state index in [1.165, 1.54) is 0 Å². The van der Waals surface area contributed by atoms with Crippen LogP contribution in [0.4, 0.5) is 5.69 Å². The molecule has 2 rings (SSSR count). The maximum Gasteiger partial charge on any atom is 0.0755 e. The SMILES string of the molecule is NCc1cccc(N2CCOCC2CO)c1. The number of morpholine rings is 1. The maximum absolute atomic E-state index is 9.30. The van der Waals surface area contributed by atoms with Crippen LogP contribution in [0.25, 0.3) is 0 Å². The molecule has 3 N–H and O–H groups in total. The molecule has 4 heteroatoms. The Morgan fingerprint density at radius 1 is 1.50 bits per heavy atom. The van der Waals surface area contributed by atoms with Crippen LogP contribution in [-0.2, 0) is 11.3 Å². The van der Waals surface area contributed by atoms with E-state index < -0.39 is 0 Å². The van der Waals surface area contributed by atoms with Gasteiger partial charge in [-0.05, 0) is 17.7 Å². The van der Waals surface area contributed by atoms with Crippen molar-refractivity contribution in [3.8, 4) is 0 Å². The van der Waals surface area contributed by atoms with E-state index in [0.29, 0.717) is 19.8 Å². The van der Waals surface area contributed by atoms with Crippen LogP contribution in [0.2, 0.25) is 0 Å². The molecule has 0 amide bonds. The van der Waals surface area contributed by atoms with E-state index in [2.05, 4.69) is 11.0 Å². The van der Waals surface area contributed by atoms with E-state index in [1.54, 1.807) is 0 Å². The summed E-state index contributed by atoms with van der Waals surface area (Å²) in [6.07, 6.45) is 0. The van der Waals surface area contributed by atoms with Crippen molar-refractivity contribution in [3.05, 3.63) is 29.8 Å². The van der Waals surface area contributed by atoms with E-state index in [9.17, 15) is 5.11 Å². The number of rotatable bonds is 3. The second-order valence-corrected chi connectivity index (χ2v) is 3.98. The van der Waals surface area contributed by atoms with Crippen LogP contribution < -0.4 is 10.6 Å². The third kappa shape index (κ3) is 2.35. The highest BCUT2D eigenvalue weighted by atomic mass is 16.5. The van der Waals surface area contributed by atoms with Crippen molar-refractivity contribution in [1.29, 1.82) is 0 Å². The zero-order chi connectivity index (χ0) is 11.4. The van der Waals surface area contributed by atoms with E-state index in [1.807, 2.05) is 18.2 Å². The normalized spacial score (nSPS) is 21.1. The van der Waals surface area contributed by atoms with Crippen LogP contribution in [0.3, 0.4) is 0 Å². The van der Waals surface area contributed by atoms with Crippen molar-refractivity contribution in [2.75, 3.05) is 31.3 Å². The largest absolute Gasteiger partial charge is 0.394 e. The van der Waals surface area contributed by atoms with Crippen molar-refractivity contribution in [1.82, 2.24) is 0 Å². The molecule has 1 aliphatic rings. The molecule has 0 saturated carbocycles. The second-order valence-electron chi connectivity index (χ2n) is 3.98. The fourth-order valence-electron chi connectivity index (χ4n) is 2.01. The average Bonchev–Trinajstić information content (AvgIpc) is 2.38. The standard InChI is InChI=1S/C12H18N2O2/c13-7-10-2-1-3-11(6-10)14-4-5-16-9-12(14)8-15/h1-3,6,12,15H,4-5,7-9,13H2. The first-order chi connectivity index (χ1) is 7.85. The first-order valence-corrected chi connectivity index (χ1v) is 5.59. The molecule has 0 radical (unpaired) electrons. The van der Waals surface area contributed by atoms with Gasteiger partial charge in [-0.2, -0.15) is 0 Å². The Balaban J connectivity index is 2.20. The van der Waals surface area contributed by atoms with E-state index in [-0.39, 0.29) is 12.6 Å². The molecule has 0 bridgehead atoms. The van der Waals surface area contributed by atoms with Gasteiger partial charge in [0.25, 0.3) is 0 Å². The number of ether oxygens (including phenoxy) is 1. The van der Waals surface area contributed by atoms with Crippen LogP contribution in [0.15, 0.2) is 24.3 Å². The number of hydrogen-bond donors (Lipinski definition) is 2. The molecule has 1 saturated heterocycles. The minimum Gasteiger partial charge on any atom is -0.394 e. The summed E-state index contributed by atoms with van der Waals surface area (Å²) >= 11 is 0. The Morgan fingerprint density at radius 3 is 3.12 bits per heavy atom. The Labute approximate surface area is 95.6 Å². The van der Waals surface area contributed by atoms with Gasteiger partial charge in [0.15, 0.2) is 0 Å².